The zero-order valence-electron chi connectivity index (χ0n) is 18.8. The number of ether oxygens (including phenoxy) is 1. The maximum Gasteiger partial charge on any atom is 0.253 e. The third-order valence-corrected chi connectivity index (χ3v) is 5.84. The van der Waals surface area contributed by atoms with Crippen molar-refractivity contribution in [2.75, 3.05) is 27.2 Å². The van der Waals surface area contributed by atoms with Crippen molar-refractivity contribution in [3.05, 3.63) is 24.0 Å². The molecule has 0 aromatic carbocycles. The summed E-state index contributed by atoms with van der Waals surface area (Å²) in [5, 5.41) is 5.81. The molecule has 8 nitrogen and oxygen atoms in total. The molecule has 1 aromatic heterocycles. The van der Waals surface area contributed by atoms with E-state index in [-0.39, 0.29) is 30.6 Å². The van der Waals surface area contributed by atoms with Gasteiger partial charge in [0.15, 0.2) is 5.78 Å². The van der Waals surface area contributed by atoms with E-state index in [9.17, 15) is 14.4 Å². The molecular formula is C22H36N4O4. The van der Waals surface area contributed by atoms with Crippen LogP contribution >= 0.6 is 0 Å². The zero-order chi connectivity index (χ0) is 22.3. The standard InChI is InChI=1S/C22H36N4O4/c1-15(2)16(3)6-7-19(24-20(28)17-8-10-23-13-17)21(29)25-22(9-11-26(4)5)12-18(27)14-30-22/h8,10,13,15-16,19,23H,6-7,9,11-12,14H2,1-5H3,(H,24,28)(H,25,29)/t16?,19-,22?/m0/s1. The summed E-state index contributed by atoms with van der Waals surface area (Å²) < 4.78 is 5.74. The molecule has 2 heterocycles. The number of H-pyrrole nitrogens is 1. The first-order valence-corrected chi connectivity index (χ1v) is 10.7. The van der Waals surface area contributed by atoms with E-state index >= 15 is 0 Å². The molecule has 1 aliphatic heterocycles. The molecule has 2 unspecified atom stereocenters. The molecule has 0 saturated carbocycles. The minimum absolute atomic E-state index is 0.00152. The van der Waals surface area contributed by atoms with Gasteiger partial charge < -0.3 is 25.3 Å². The number of carbonyl (C=O) groups excluding carboxylic acids is 3. The predicted molar refractivity (Wildman–Crippen MR) is 115 cm³/mol. The maximum absolute atomic E-state index is 13.2. The molecule has 1 saturated heterocycles. The Kier molecular flexibility index (Phi) is 8.61. The summed E-state index contributed by atoms with van der Waals surface area (Å²) in [6.45, 7) is 7.10. The average molecular weight is 421 g/mol. The molecule has 1 aliphatic rings. The van der Waals surface area contributed by atoms with E-state index in [1.165, 1.54) is 0 Å². The van der Waals surface area contributed by atoms with Crippen molar-refractivity contribution in [3.8, 4) is 0 Å². The van der Waals surface area contributed by atoms with Crippen molar-refractivity contribution < 1.29 is 19.1 Å². The molecule has 2 amide bonds. The zero-order valence-corrected chi connectivity index (χ0v) is 18.8. The predicted octanol–water partition coefficient (Wildman–Crippen LogP) is 1.94. The van der Waals surface area contributed by atoms with Gasteiger partial charge in [0.05, 0.1) is 12.0 Å². The second kappa shape index (κ2) is 10.7. The van der Waals surface area contributed by atoms with Gasteiger partial charge in [-0.25, -0.2) is 0 Å². The molecule has 168 valence electrons. The Balaban J connectivity index is 2.12. The fourth-order valence-electron chi connectivity index (χ4n) is 3.40. The van der Waals surface area contributed by atoms with Crippen LogP contribution < -0.4 is 10.6 Å². The highest BCUT2D eigenvalue weighted by molar-refractivity contribution is 5.97. The summed E-state index contributed by atoms with van der Waals surface area (Å²) in [7, 11) is 3.86. The lowest BCUT2D eigenvalue weighted by Crippen LogP contribution is -2.56. The van der Waals surface area contributed by atoms with E-state index in [1.54, 1.807) is 18.5 Å². The second-order valence-corrected chi connectivity index (χ2v) is 8.97. The summed E-state index contributed by atoms with van der Waals surface area (Å²) in [5.41, 5.74) is -0.543. The van der Waals surface area contributed by atoms with Crippen molar-refractivity contribution >= 4 is 17.6 Å². The van der Waals surface area contributed by atoms with Gasteiger partial charge in [-0.3, -0.25) is 14.4 Å². The number of hydrogen-bond donors (Lipinski definition) is 3. The highest BCUT2D eigenvalue weighted by Crippen LogP contribution is 2.25. The topological polar surface area (TPSA) is 104 Å². The smallest absolute Gasteiger partial charge is 0.253 e. The number of ketones is 1. The van der Waals surface area contributed by atoms with Gasteiger partial charge in [-0.15, -0.1) is 0 Å². The molecule has 8 heteroatoms. The fraction of sp³-hybridized carbons (Fsp3) is 0.682. The van der Waals surface area contributed by atoms with E-state index in [2.05, 4.69) is 36.4 Å². The first-order valence-electron chi connectivity index (χ1n) is 10.7. The Bertz CT molecular complexity index is 717. The van der Waals surface area contributed by atoms with E-state index < -0.39 is 11.8 Å². The van der Waals surface area contributed by atoms with Crippen LogP contribution in [0.4, 0.5) is 0 Å². The van der Waals surface area contributed by atoms with Gasteiger partial charge in [-0.05, 0) is 44.8 Å². The summed E-state index contributed by atoms with van der Waals surface area (Å²) in [5.74, 6) is 0.242. The lowest BCUT2D eigenvalue weighted by molar-refractivity contribution is -0.133. The fourth-order valence-corrected chi connectivity index (χ4v) is 3.40. The number of hydrogen-bond acceptors (Lipinski definition) is 5. The van der Waals surface area contributed by atoms with E-state index in [4.69, 9.17) is 4.74 Å². The summed E-state index contributed by atoms with van der Waals surface area (Å²) >= 11 is 0. The summed E-state index contributed by atoms with van der Waals surface area (Å²) in [6.07, 6.45) is 5.22. The minimum Gasteiger partial charge on any atom is -0.367 e. The molecule has 0 bridgehead atoms. The number of rotatable bonds is 11. The number of nitrogens with one attached hydrogen (secondary N) is 3. The van der Waals surface area contributed by atoms with Crippen LogP contribution in [0.15, 0.2) is 18.5 Å². The third kappa shape index (κ3) is 6.95. The molecule has 0 radical (unpaired) electrons. The third-order valence-electron chi connectivity index (χ3n) is 5.84. The van der Waals surface area contributed by atoms with Crippen LogP contribution in [0.25, 0.3) is 0 Å². The number of aromatic nitrogens is 1. The largest absolute Gasteiger partial charge is 0.367 e. The number of aromatic amines is 1. The SMILES string of the molecule is CC(C)C(C)CC[C@H](NC(=O)c1cc[nH]c1)C(=O)NC1(CCN(C)C)CC(=O)CO1. The highest BCUT2D eigenvalue weighted by Gasteiger charge is 2.42. The van der Waals surface area contributed by atoms with Crippen LogP contribution in [-0.2, 0) is 14.3 Å². The van der Waals surface area contributed by atoms with Crippen molar-refractivity contribution in [3.63, 3.8) is 0 Å². The number of Topliss-reactive ketones (excluding diaryl/α,β-unsaturated/α-hetero) is 1. The number of carbonyl (C=O) groups is 3. The Morgan fingerprint density at radius 2 is 2.00 bits per heavy atom. The molecule has 3 atom stereocenters. The average Bonchev–Trinajstić information content (AvgIpc) is 3.33. The van der Waals surface area contributed by atoms with Crippen molar-refractivity contribution in [1.29, 1.82) is 0 Å². The lowest BCUT2D eigenvalue weighted by atomic mass is 9.91. The molecule has 30 heavy (non-hydrogen) atoms. The molecule has 1 aromatic rings. The second-order valence-electron chi connectivity index (χ2n) is 8.97. The van der Waals surface area contributed by atoms with E-state index in [0.717, 1.165) is 6.42 Å². The minimum atomic E-state index is -1.01. The van der Waals surface area contributed by atoms with Gasteiger partial charge in [0.2, 0.25) is 5.91 Å². The normalized spacial score (nSPS) is 21.1. The monoisotopic (exact) mass is 420 g/mol. The maximum atomic E-state index is 13.2. The van der Waals surface area contributed by atoms with Crippen LogP contribution in [-0.4, -0.2) is 66.5 Å². The van der Waals surface area contributed by atoms with Crippen molar-refractivity contribution in [1.82, 2.24) is 20.5 Å². The van der Waals surface area contributed by atoms with Crippen LogP contribution in [0.2, 0.25) is 0 Å². The molecule has 1 fully saturated rings. The first-order chi connectivity index (χ1) is 14.1. The first kappa shape index (κ1) is 24.1. The molecule has 2 rings (SSSR count). The molecule has 3 N–H and O–H groups in total. The Hall–Kier alpha value is -2.19. The van der Waals surface area contributed by atoms with Gasteiger partial charge in [0.1, 0.15) is 18.4 Å². The van der Waals surface area contributed by atoms with Gasteiger partial charge >= 0.3 is 0 Å². The van der Waals surface area contributed by atoms with Crippen LogP contribution in [0.5, 0.6) is 0 Å². The molecular weight excluding hydrogens is 384 g/mol. The highest BCUT2D eigenvalue weighted by atomic mass is 16.5. The van der Waals surface area contributed by atoms with Crippen molar-refractivity contribution in [2.24, 2.45) is 11.8 Å². The Morgan fingerprint density at radius 3 is 2.53 bits per heavy atom. The molecule has 0 spiro atoms. The molecule has 0 aliphatic carbocycles. The summed E-state index contributed by atoms with van der Waals surface area (Å²) in [4.78, 5) is 42.5. The van der Waals surface area contributed by atoms with Crippen molar-refractivity contribution in [2.45, 2.75) is 58.2 Å². The lowest BCUT2D eigenvalue weighted by Gasteiger charge is -2.32. The Morgan fingerprint density at radius 1 is 1.27 bits per heavy atom. The van der Waals surface area contributed by atoms with Gasteiger partial charge in [0.25, 0.3) is 5.91 Å². The van der Waals surface area contributed by atoms with Gasteiger partial charge in [0, 0.05) is 25.4 Å². The number of amides is 2. The van der Waals surface area contributed by atoms with Crippen LogP contribution in [0.3, 0.4) is 0 Å². The Labute approximate surface area is 179 Å². The van der Waals surface area contributed by atoms with Gasteiger partial charge in [-0.2, -0.15) is 0 Å². The van der Waals surface area contributed by atoms with Gasteiger partial charge in [-0.1, -0.05) is 20.8 Å². The van der Waals surface area contributed by atoms with E-state index in [0.29, 0.717) is 36.8 Å². The summed E-state index contributed by atoms with van der Waals surface area (Å²) in [6, 6.07) is 0.961. The quantitative estimate of drug-likeness (QED) is 0.508. The van der Waals surface area contributed by atoms with E-state index in [1.807, 2.05) is 19.0 Å². The number of nitrogens with zero attached hydrogens (tertiary/aromatic N) is 1. The van der Waals surface area contributed by atoms with Crippen LogP contribution in [0, 0.1) is 11.8 Å². The van der Waals surface area contributed by atoms with Crippen LogP contribution in [0.1, 0.15) is 56.8 Å².